The summed E-state index contributed by atoms with van der Waals surface area (Å²) >= 11 is 6.13. The predicted molar refractivity (Wildman–Crippen MR) is 210 cm³/mol. The van der Waals surface area contributed by atoms with Crippen molar-refractivity contribution in [3.8, 4) is 0 Å². The summed E-state index contributed by atoms with van der Waals surface area (Å²) < 4.78 is 58.8. The van der Waals surface area contributed by atoms with Crippen LogP contribution in [0.4, 0.5) is 25.8 Å². The third-order valence-electron chi connectivity index (χ3n) is 10.1. The standard InChI is InChI=1S/C39H47ClF2N6O6S/c1-26(2)21-34(29-5-9-31(40)10-6-29)27(3)24-45-17-19-47(20-18-45)32-11-7-30(8-12-32)38(50)44-55(53,54)33-22-35(41)37(36(23-33)48(51)52)43-25-39(42)13-15-46(16-14-39)28(4)49/h5-12,22-23,26,43H,13-21,24-25H2,1-4H3,(H,44,50). The fraction of sp³-hybridized carbons (Fsp3) is 0.436. The summed E-state index contributed by atoms with van der Waals surface area (Å²) in [6.45, 7) is 11.7. The van der Waals surface area contributed by atoms with Crippen LogP contribution in [0.2, 0.25) is 5.02 Å². The molecule has 2 N–H and O–H groups in total. The van der Waals surface area contributed by atoms with Crippen molar-refractivity contribution < 1.29 is 31.7 Å². The van der Waals surface area contributed by atoms with Crippen molar-refractivity contribution in [2.24, 2.45) is 5.92 Å². The molecule has 2 heterocycles. The Kier molecular flexibility index (Phi) is 13.2. The molecule has 0 bridgehead atoms. The molecular formula is C39H47ClF2N6O6S. The monoisotopic (exact) mass is 800 g/mol. The van der Waals surface area contributed by atoms with Gasteiger partial charge >= 0.3 is 0 Å². The molecule has 3 aromatic rings. The van der Waals surface area contributed by atoms with Crippen LogP contribution in [-0.4, -0.2) is 93.0 Å². The lowest BCUT2D eigenvalue weighted by molar-refractivity contribution is -0.384. The van der Waals surface area contributed by atoms with E-state index in [4.69, 9.17) is 11.6 Å². The molecule has 2 amide bonds. The van der Waals surface area contributed by atoms with Gasteiger partial charge in [-0.05, 0) is 72.9 Å². The Bertz CT molecular complexity index is 2030. The summed E-state index contributed by atoms with van der Waals surface area (Å²) in [6.07, 6.45) is 0.838. The minimum absolute atomic E-state index is 0.0175. The Labute approximate surface area is 325 Å². The number of rotatable bonds is 13. The van der Waals surface area contributed by atoms with Gasteiger partial charge in [-0.25, -0.2) is 21.9 Å². The number of sulfonamides is 1. The number of likely N-dealkylation sites (tertiary alicyclic amines) is 1. The normalized spacial score (nSPS) is 16.8. The van der Waals surface area contributed by atoms with E-state index in [2.05, 4.69) is 48.0 Å². The maximum Gasteiger partial charge on any atom is 0.296 e. The van der Waals surface area contributed by atoms with Crippen molar-refractivity contribution in [3.63, 3.8) is 0 Å². The van der Waals surface area contributed by atoms with Gasteiger partial charge in [0.25, 0.3) is 21.6 Å². The highest BCUT2D eigenvalue weighted by molar-refractivity contribution is 7.90. The number of nitro groups is 1. The number of alkyl halides is 1. The molecule has 0 atom stereocenters. The van der Waals surface area contributed by atoms with Crippen molar-refractivity contribution in [1.29, 1.82) is 0 Å². The third-order valence-corrected chi connectivity index (χ3v) is 11.7. The topological polar surface area (TPSA) is 145 Å². The largest absolute Gasteiger partial charge is 0.374 e. The number of halogens is 3. The minimum Gasteiger partial charge on any atom is -0.374 e. The van der Waals surface area contributed by atoms with Crippen LogP contribution in [0.15, 0.2) is 71.1 Å². The summed E-state index contributed by atoms with van der Waals surface area (Å²) in [5.74, 6) is -2.02. The molecule has 2 saturated heterocycles. The number of piperidine rings is 1. The van der Waals surface area contributed by atoms with Gasteiger partial charge in [0.15, 0.2) is 5.82 Å². The molecule has 0 aromatic heterocycles. The maximum absolute atomic E-state index is 15.4. The van der Waals surface area contributed by atoms with E-state index in [0.717, 1.165) is 44.8 Å². The number of carbonyl (C=O) groups is 2. The lowest BCUT2D eigenvalue weighted by Gasteiger charge is -2.36. The van der Waals surface area contributed by atoms with Crippen LogP contribution < -0.4 is 14.9 Å². The van der Waals surface area contributed by atoms with Gasteiger partial charge in [-0.2, -0.15) is 0 Å². The Morgan fingerprint density at radius 3 is 2.11 bits per heavy atom. The molecule has 0 aliphatic carbocycles. The highest BCUT2D eigenvalue weighted by Crippen LogP contribution is 2.34. The predicted octanol–water partition coefficient (Wildman–Crippen LogP) is 6.91. The second-order valence-corrected chi connectivity index (χ2v) is 16.8. The number of nitrogens with zero attached hydrogens (tertiary/aromatic N) is 4. The number of nitrogens with one attached hydrogen (secondary N) is 2. The number of piperazine rings is 1. The van der Waals surface area contributed by atoms with E-state index in [1.807, 2.05) is 16.9 Å². The first-order valence-corrected chi connectivity index (χ1v) is 20.1. The summed E-state index contributed by atoms with van der Waals surface area (Å²) in [6, 6.07) is 15.5. The minimum atomic E-state index is -4.75. The fourth-order valence-corrected chi connectivity index (χ4v) is 8.08. The van der Waals surface area contributed by atoms with Crippen LogP contribution in [0.25, 0.3) is 5.57 Å². The van der Waals surface area contributed by atoms with Crippen LogP contribution in [0.5, 0.6) is 0 Å². The molecule has 2 fully saturated rings. The van der Waals surface area contributed by atoms with Crippen molar-refractivity contribution in [2.75, 3.05) is 62.6 Å². The SMILES string of the molecule is CC(=O)N1CCC(F)(CNc2c(F)cc(S(=O)(=O)NC(=O)c3ccc(N4CCN(CC(C)=C(CC(C)C)c5ccc(Cl)cc5)CC4)cc3)cc2[N+](=O)[O-])CC1. The first-order valence-electron chi connectivity index (χ1n) is 18.2. The Morgan fingerprint density at radius 1 is 0.945 bits per heavy atom. The third kappa shape index (κ3) is 10.6. The molecule has 2 aliphatic heterocycles. The number of carbonyl (C=O) groups excluding carboxylic acids is 2. The van der Waals surface area contributed by atoms with Crippen molar-refractivity contribution in [3.05, 3.63) is 98.3 Å². The van der Waals surface area contributed by atoms with E-state index in [-0.39, 0.29) is 37.4 Å². The molecular weight excluding hydrogens is 754 g/mol. The second kappa shape index (κ2) is 17.5. The zero-order valence-electron chi connectivity index (χ0n) is 31.4. The lowest BCUT2D eigenvalue weighted by atomic mass is 9.92. The highest BCUT2D eigenvalue weighted by Gasteiger charge is 2.36. The Hall–Kier alpha value is -4.60. The molecule has 0 saturated carbocycles. The summed E-state index contributed by atoms with van der Waals surface area (Å²) in [5.41, 5.74) is 1.20. The molecule has 296 valence electrons. The van der Waals surface area contributed by atoms with Gasteiger partial charge in [0, 0.05) is 94.5 Å². The van der Waals surface area contributed by atoms with Crippen LogP contribution in [0, 0.1) is 21.8 Å². The molecule has 16 heteroatoms. The van der Waals surface area contributed by atoms with E-state index in [0.29, 0.717) is 23.1 Å². The van der Waals surface area contributed by atoms with Crippen molar-refractivity contribution in [1.82, 2.24) is 14.5 Å². The Balaban J connectivity index is 1.19. The fourth-order valence-electron chi connectivity index (χ4n) is 6.94. The molecule has 0 unspecified atom stereocenters. The van der Waals surface area contributed by atoms with Gasteiger partial charge in [-0.1, -0.05) is 43.2 Å². The highest BCUT2D eigenvalue weighted by atomic mass is 35.5. The first-order chi connectivity index (χ1) is 25.9. The van der Waals surface area contributed by atoms with E-state index in [1.165, 1.54) is 40.7 Å². The van der Waals surface area contributed by atoms with Gasteiger partial charge in [0.05, 0.1) is 9.82 Å². The molecule has 3 aromatic carbocycles. The number of hydrogen-bond donors (Lipinski definition) is 2. The van der Waals surface area contributed by atoms with Crippen LogP contribution in [-0.2, 0) is 14.8 Å². The molecule has 55 heavy (non-hydrogen) atoms. The van der Waals surface area contributed by atoms with Crippen LogP contribution in [0.3, 0.4) is 0 Å². The second-order valence-electron chi connectivity index (χ2n) is 14.7. The Morgan fingerprint density at radius 2 is 1.55 bits per heavy atom. The van der Waals surface area contributed by atoms with Crippen molar-refractivity contribution >= 4 is 56.1 Å². The van der Waals surface area contributed by atoms with Gasteiger partial charge in [0.2, 0.25) is 5.91 Å². The number of benzene rings is 3. The van der Waals surface area contributed by atoms with E-state index < -0.39 is 55.2 Å². The zero-order chi connectivity index (χ0) is 40.1. The molecule has 0 radical (unpaired) electrons. The van der Waals surface area contributed by atoms with Gasteiger partial charge in [-0.3, -0.25) is 24.6 Å². The average Bonchev–Trinajstić information content (AvgIpc) is 3.13. The van der Waals surface area contributed by atoms with E-state index in [9.17, 15) is 28.1 Å². The van der Waals surface area contributed by atoms with E-state index >= 15 is 8.78 Å². The average molecular weight is 801 g/mol. The number of hydrogen-bond acceptors (Lipinski definition) is 9. The smallest absolute Gasteiger partial charge is 0.296 e. The number of anilines is 2. The zero-order valence-corrected chi connectivity index (χ0v) is 33.0. The molecule has 12 nitrogen and oxygen atoms in total. The molecule has 5 rings (SSSR count). The lowest BCUT2D eigenvalue weighted by Crippen LogP contribution is -2.47. The number of allylic oxidation sites excluding steroid dienone is 1. The maximum atomic E-state index is 15.4. The van der Waals surface area contributed by atoms with Crippen LogP contribution in [0.1, 0.15) is 62.9 Å². The number of nitro benzene ring substituents is 1. The molecule has 0 spiro atoms. The van der Waals surface area contributed by atoms with E-state index in [1.54, 1.807) is 12.1 Å². The van der Waals surface area contributed by atoms with Gasteiger partial charge in [0.1, 0.15) is 11.4 Å². The summed E-state index contributed by atoms with van der Waals surface area (Å²) in [7, 11) is -4.75. The first kappa shape index (κ1) is 41.6. The molecule has 2 aliphatic rings. The quantitative estimate of drug-likeness (QED) is 0.139. The van der Waals surface area contributed by atoms with Crippen LogP contribution >= 0.6 is 11.6 Å². The van der Waals surface area contributed by atoms with Crippen molar-refractivity contribution in [2.45, 2.75) is 57.5 Å². The summed E-state index contributed by atoms with van der Waals surface area (Å²) in [5, 5.41) is 15.0. The van der Waals surface area contributed by atoms with Gasteiger partial charge < -0.3 is 15.1 Å². The number of amides is 2. The van der Waals surface area contributed by atoms with Gasteiger partial charge in [-0.15, -0.1) is 0 Å². The summed E-state index contributed by atoms with van der Waals surface area (Å²) in [4.78, 5) is 40.7.